The molecule has 1 saturated heterocycles. The van der Waals surface area contributed by atoms with Crippen molar-refractivity contribution in [3.63, 3.8) is 0 Å². The van der Waals surface area contributed by atoms with Crippen molar-refractivity contribution in [2.24, 2.45) is 0 Å². The summed E-state index contributed by atoms with van der Waals surface area (Å²) in [6.07, 6.45) is 3.46. The van der Waals surface area contributed by atoms with Crippen molar-refractivity contribution in [2.45, 2.75) is 38.6 Å². The average molecular weight is 158 g/mol. The molecular weight excluding hydrogens is 144 g/mol. The summed E-state index contributed by atoms with van der Waals surface area (Å²) < 4.78 is 10.5. The zero-order valence-electron chi connectivity index (χ0n) is 6.79. The van der Waals surface area contributed by atoms with Crippen LogP contribution in [0.15, 0.2) is 0 Å². The van der Waals surface area contributed by atoms with Crippen molar-refractivity contribution in [2.75, 3.05) is 6.61 Å². The predicted octanol–water partition coefficient (Wildman–Crippen LogP) is 1.12. The molecule has 0 spiro atoms. The van der Waals surface area contributed by atoms with E-state index in [1.54, 1.807) is 6.92 Å². The summed E-state index contributed by atoms with van der Waals surface area (Å²) in [7, 11) is 0. The van der Waals surface area contributed by atoms with Crippen LogP contribution in [0.1, 0.15) is 26.2 Å². The van der Waals surface area contributed by atoms with E-state index in [9.17, 15) is 4.79 Å². The predicted molar refractivity (Wildman–Crippen MR) is 40.2 cm³/mol. The van der Waals surface area contributed by atoms with E-state index in [-0.39, 0.29) is 12.4 Å². The number of aldehydes is 1. The normalized spacial score (nSPS) is 27.9. The molecule has 3 nitrogen and oxygen atoms in total. The van der Waals surface area contributed by atoms with E-state index in [0.29, 0.717) is 0 Å². The molecule has 0 aliphatic carbocycles. The lowest BCUT2D eigenvalue weighted by Crippen LogP contribution is -2.26. The lowest BCUT2D eigenvalue weighted by Gasteiger charge is -2.23. The van der Waals surface area contributed by atoms with Crippen LogP contribution in [0.3, 0.4) is 0 Å². The fourth-order valence-corrected chi connectivity index (χ4v) is 1.09. The van der Waals surface area contributed by atoms with Gasteiger partial charge < -0.3 is 14.3 Å². The van der Waals surface area contributed by atoms with Gasteiger partial charge in [-0.2, -0.15) is 0 Å². The molecule has 1 aliphatic rings. The van der Waals surface area contributed by atoms with E-state index in [4.69, 9.17) is 9.47 Å². The largest absolute Gasteiger partial charge is 0.353 e. The summed E-state index contributed by atoms with van der Waals surface area (Å²) in [5, 5.41) is 0. The van der Waals surface area contributed by atoms with Gasteiger partial charge in [0.2, 0.25) is 0 Å². The molecule has 0 saturated carbocycles. The van der Waals surface area contributed by atoms with Crippen molar-refractivity contribution in [3.8, 4) is 0 Å². The van der Waals surface area contributed by atoms with Gasteiger partial charge in [0.15, 0.2) is 6.29 Å². The zero-order chi connectivity index (χ0) is 8.10. The summed E-state index contributed by atoms with van der Waals surface area (Å²) in [5.41, 5.74) is 0. The second kappa shape index (κ2) is 4.46. The van der Waals surface area contributed by atoms with Gasteiger partial charge in [0.25, 0.3) is 0 Å². The van der Waals surface area contributed by atoms with Crippen LogP contribution in [-0.2, 0) is 14.3 Å². The molecule has 0 N–H and O–H groups in total. The van der Waals surface area contributed by atoms with Crippen LogP contribution < -0.4 is 0 Å². The number of hydrogen-bond acceptors (Lipinski definition) is 3. The molecular formula is C8H14O3. The fourth-order valence-electron chi connectivity index (χ4n) is 1.09. The van der Waals surface area contributed by atoms with Gasteiger partial charge >= 0.3 is 0 Å². The Labute approximate surface area is 66.7 Å². The Morgan fingerprint density at radius 1 is 1.64 bits per heavy atom. The third-order valence-corrected chi connectivity index (χ3v) is 1.70. The Hall–Kier alpha value is -0.410. The number of hydrogen-bond donors (Lipinski definition) is 0. The Balaban J connectivity index is 2.18. The van der Waals surface area contributed by atoms with Crippen molar-refractivity contribution in [3.05, 3.63) is 0 Å². The number of carbonyl (C=O) groups excluding carboxylic acids is 1. The summed E-state index contributed by atoms with van der Waals surface area (Å²) >= 11 is 0. The molecule has 1 fully saturated rings. The molecule has 64 valence electrons. The van der Waals surface area contributed by atoms with Crippen LogP contribution >= 0.6 is 0 Å². The minimum atomic E-state index is -0.335. The minimum absolute atomic E-state index is 0.149. The van der Waals surface area contributed by atoms with Crippen LogP contribution in [0, 0.1) is 0 Å². The Kier molecular flexibility index (Phi) is 3.52. The third-order valence-electron chi connectivity index (χ3n) is 1.70. The van der Waals surface area contributed by atoms with E-state index in [1.807, 2.05) is 0 Å². The Morgan fingerprint density at radius 3 is 3.00 bits per heavy atom. The average Bonchev–Trinajstić information content (AvgIpc) is 2.06. The van der Waals surface area contributed by atoms with Crippen molar-refractivity contribution >= 4 is 6.29 Å². The molecule has 3 heteroatoms. The van der Waals surface area contributed by atoms with Gasteiger partial charge in [0.1, 0.15) is 12.4 Å². The molecule has 1 heterocycles. The standard InChI is InChI=1S/C8H14O3/c1-7(6-9)11-8-4-2-3-5-10-8/h6-8H,2-5H2,1H3/t7?,8-/m0/s1. The van der Waals surface area contributed by atoms with Crippen molar-refractivity contribution in [1.82, 2.24) is 0 Å². The van der Waals surface area contributed by atoms with Gasteiger partial charge in [-0.1, -0.05) is 0 Å². The minimum Gasteiger partial charge on any atom is -0.353 e. The van der Waals surface area contributed by atoms with Gasteiger partial charge in [-0.15, -0.1) is 0 Å². The zero-order valence-corrected chi connectivity index (χ0v) is 6.79. The summed E-state index contributed by atoms with van der Waals surface area (Å²) in [5.74, 6) is 0. The van der Waals surface area contributed by atoms with Gasteiger partial charge in [-0.25, -0.2) is 0 Å². The fraction of sp³-hybridized carbons (Fsp3) is 0.875. The molecule has 1 unspecified atom stereocenters. The number of rotatable bonds is 3. The highest BCUT2D eigenvalue weighted by Gasteiger charge is 2.16. The van der Waals surface area contributed by atoms with Gasteiger partial charge in [0, 0.05) is 6.61 Å². The second-order valence-corrected chi connectivity index (χ2v) is 2.77. The first-order chi connectivity index (χ1) is 5.33. The molecule has 0 aromatic rings. The van der Waals surface area contributed by atoms with Gasteiger partial charge in [-0.3, -0.25) is 0 Å². The first kappa shape index (κ1) is 8.68. The lowest BCUT2D eigenvalue weighted by atomic mass is 10.2. The highest BCUT2D eigenvalue weighted by Crippen LogP contribution is 2.14. The first-order valence-corrected chi connectivity index (χ1v) is 4.05. The third kappa shape index (κ3) is 2.99. The van der Waals surface area contributed by atoms with Crippen LogP contribution in [0.4, 0.5) is 0 Å². The van der Waals surface area contributed by atoms with E-state index in [0.717, 1.165) is 32.2 Å². The first-order valence-electron chi connectivity index (χ1n) is 4.05. The van der Waals surface area contributed by atoms with E-state index in [1.165, 1.54) is 0 Å². The van der Waals surface area contributed by atoms with E-state index in [2.05, 4.69) is 0 Å². The van der Waals surface area contributed by atoms with E-state index >= 15 is 0 Å². The maximum atomic E-state index is 10.2. The maximum absolute atomic E-state index is 10.2. The molecule has 1 aliphatic heterocycles. The van der Waals surface area contributed by atoms with Crippen LogP contribution in [0.2, 0.25) is 0 Å². The molecule has 0 bridgehead atoms. The molecule has 1 rings (SSSR count). The van der Waals surface area contributed by atoms with E-state index < -0.39 is 0 Å². The summed E-state index contributed by atoms with van der Waals surface area (Å²) in [4.78, 5) is 10.2. The molecule has 0 aromatic heterocycles. The number of ether oxygens (including phenoxy) is 2. The maximum Gasteiger partial charge on any atom is 0.158 e. The SMILES string of the molecule is CC(C=O)O[C@H]1CCCCO1. The quantitative estimate of drug-likeness (QED) is 0.577. The highest BCUT2D eigenvalue weighted by atomic mass is 16.7. The lowest BCUT2D eigenvalue weighted by molar-refractivity contribution is -0.183. The topological polar surface area (TPSA) is 35.5 Å². The number of carbonyl (C=O) groups is 1. The van der Waals surface area contributed by atoms with Crippen molar-refractivity contribution < 1.29 is 14.3 Å². The molecule has 0 aromatic carbocycles. The van der Waals surface area contributed by atoms with Gasteiger partial charge in [-0.05, 0) is 26.2 Å². The van der Waals surface area contributed by atoms with Crippen molar-refractivity contribution in [1.29, 1.82) is 0 Å². The molecule has 11 heavy (non-hydrogen) atoms. The Bertz CT molecular complexity index is 119. The van der Waals surface area contributed by atoms with Gasteiger partial charge in [0.05, 0.1) is 0 Å². The monoisotopic (exact) mass is 158 g/mol. The molecule has 0 radical (unpaired) electrons. The smallest absolute Gasteiger partial charge is 0.158 e. The van der Waals surface area contributed by atoms with Crippen LogP contribution in [0.25, 0.3) is 0 Å². The van der Waals surface area contributed by atoms with Crippen LogP contribution in [0.5, 0.6) is 0 Å². The summed E-state index contributed by atoms with van der Waals surface area (Å²) in [6.45, 7) is 2.49. The highest BCUT2D eigenvalue weighted by molar-refractivity contribution is 5.55. The summed E-state index contributed by atoms with van der Waals surface area (Å²) in [6, 6.07) is 0. The Morgan fingerprint density at radius 2 is 2.45 bits per heavy atom. The molecule has 0 amide bonds. The second-order valence-electron chi connectivity index (χ2n) is 2.77. The molecule has 2 atom stereocenters. The van der Waals surface area contributed by atoms with Crippen LogP contribution in [-0.4, -0.2) is 25.3 Å².